The summed E-state index contributed by atoms with van der Waals surface area (Å²) in [6, 6.07) is 8.62. The Labute approximate surface area is 197 Å². The van der Waals surface area contributed by atoms with E-state index in [0.717, 1.165) is 13.2 Å². The van der Waals surface area contributed by atoms with E-state index >= 15 is 0 Å². The highest BCUT2D eigenvalue weighted by Crippen LogP contribution is 2.38. The van der Waals surface area contributed by atoms with Crippen LogP contribution in [-0.2, 0) is 20.4 Å². The summed E-state index contributed by atoms with van der Waals surface area (Å²) in [4.78, 5) is 36.3. The SMILES string of the molecule is CCCOC(=O)c1ccc(Oc2c(C(F)(F)F)oc3cc(OC(C)C(=O)OC)ccc3c2=O)cc1. The maximum Gasteiger partial charge on any atom is 0.453 e. The number of fused-ring (bicyclic) bond motifs is 1. The van der Waals surface area contributed by atoms with Crippen molar-refractivity contribution in [3.63, 3.8) is 0 Å². The summed E-state index contributed by atoms with van der Waals surface area (Å²) in [6.45, 7) is 3.44. The van der Waals surface area contributed by atoms with Crippen molar-refractivity contribution >= 4 is 22.9 Å². The standard InChI is InChI=1S/C24H21F3O8/c1-4-11-32-23(30)14-5-7-15(8-6-14)34-20-19(28)17-10-9-16(33-13(2)22(29)31-3)12-18(17)35-21(20)24(25,26)27/h5-10,12-13H,4,11H2,1-3H3. The van der Waals surface area contributed by atoms with E-state index in [1.165, 1.54) is 43.3 Å². The highest BCUT2D eigenvalue weighted by molar-refractivity contribution is 5.89. The molecule has 1 aromatic heterocycles. The van der Waals surface area contributed by atoms with Crippen LogP contribution < -0.4 is 14.9 Å². The Morgan fingerprint density at radius 3 is 2.31 bits per heavy atom. The molecule has 1 heterocycles. The first-order valence-electron chi connectivity index (χ1n) is 10.4. The van der Waals surface area contributed by atoms with Crippen LogP contribution in [0.5, 0.6) is 17.2 Å². The van der Waals surface area contributed by atoms with E-state index in [2.05, 4.69) is 4.74 Å². The molecule has 3 aromatic rings. The molecule has 0 aliphatic heterocycles. The van der Waals surface area contributed by atoms with Crippen molar-refractivity contribution in [2.75, 3.05) is 13.7 Å². The highest BCUT2D eigenvalue weighted by atomic mass is 19.4. The number of esters is 2. The lowest BCUT2D eigenvalue weighted by molar-refractivity contribution is -0.154. The molecule has 1 unspecified atom stereocenters. The second-order valence-electron chi connectivity index (χ2n) is 7.29. The Morgan fingerprint density at radius 1 is 1.06 bits per heavy atom. The summed E-state index contributed by atoms with van der Waals surface area (Å²) in [5.74, 6) is -4.15. The minimum atomic E-state index is -5.07. The second-order valence-corrected chi connectivity index (χ2v) is 7.29. The number of carbonyl (C=O) groups excluding carboxylic acids is 2. The molecule has 0 radical (unpaired) electrons. The molecule has 0 aliphatic carbocycles. The molecule has 11 heteroatoms. The van der Waals surface area contributed by atoms with Gasteiger partial charge in [-0.25, -0.2) is 9.59 Å². The van der Waals surface area contributed by atoms with Crippen LogP contribution in [0, 0.1) is 0 Å². The minimum absolute atomic E-state index is 0.00843. The van der Waals surface area contributed by atoms with Crippen molar-refractivity contribution in [1.82, 2.24) is 0 Å². The summed E-state index contributed by atoms with van der Waals surface area (Å²) in [5, 5.41) is -0.203. The third kappa shape index (κ3) is 5.92. The fourth-order valence-corrected chi connectivity index (χ4v) is 2.98. The quantitative estimate of drug-likeness (QED) is 0.398. The van der Waals surface area contributed by atoms with Crippen LogP contribution in [0.15, 0.2) is 51.7 Å². The van der Waals surface area contributed by atoms with Gasteiger partial charge in [0.25, 0.3) is 5.76 Å². The summed E-state index contributed by atoms with van der Waals surface area (Å²) < 4.78 is 66.4. The van der Waals surface area contributed by atoms with E-state index in [0.29, 0.717) is 6.42 Å². The number of ether oxygens (including phenoxy) is 4. The predicted molar refractivity (Wildman–Crippen MR) is 117 cm³/mol. The molecule has 0 spiro atoms. The smallest absolute Gasteiger partial charge is 0.453 e. The lowest BCUT2D eigenvalue weighted by Gasteiger charge is -2.15. The molecule has 0 N–H and O–H groups in total. The average Bonchev–Trinajstić information content (AvgIpc) is 2.83. The molecule has 2 aromatic carbocycles. The molecule has 0 fully saturated rings. The summed E-state index contributed by atoms with van der Waals surface area (Å²) in [5.41, 5.74) is -1.32. The lowest BCUT2D eigenvalue weighted by Crippen LogP contribution is -2.24. The Hall–Kier alpha value is -4.02. The number of hydrogen-bond donors (Lipinski definition) is 0. The van der Waals surface area contributed by atoms with Gasteiger partial charge in [0.15, 0.2) is 6.10 Å². The van der Waals surface area contributed by atoms with Gasteiger partial charge in [-0.3, -0.25) is 4.79 Å². The van der Waals surface area contributed by atoms with Gasteiger partial charge in [-0.1, -0.05) is 6.92 Å². The van der Waals surface area contributed by atoms with E-state index in [1.807, 2.05) is 6.92 Å². The van der Waals surface area contributed by atoms with Gasteiger partial charge in [-0.15, -0.1) is 0 Å². The molecule has 35 heavy (non-hydrogen) atoms. The summed E-state index contributed by atoms with van der Waals surface area (Å²) in [7, 11) is 1.16. The number of alkyl halides is 3. The van der Waals surface area contributed by atoms with Gasteiger partial charge in [0.05, 0.1) is 24.7 Å². The number of benzene rings is 2. The van der Waals surface area contributed by atoms with E-state index in [4.69, 9.17) is 18.6 Å². The minimum Gasteiger partial charge on any atom is -0.479 e. The van der Waals surface area contributed by atoms with Gasteiger partial charge in [0, 0.05) is 6.07 Å². The Balaban J connectivity index is 1.98. The van der Waals surface area contributed by atoms with Crippen molar-refractivity contribution in [2.45, 2.75) is 32.5 Å². The zero-order chi connectivity index (χ0) is 25.8. The zero-order valence-corrected chi connectivity index (χ0v) is 18.9. The number of halogens is 3. The lowest BCUT2D eigenvalue weighted by atomic mass is 10.2. The number of carbonyl (C=O) groups is 2. The molecule has 1 atom stereocenters. The van der Waals surface area contributed by atoms with Crippen LogP contribution in [0.2, 0.25) is 0 Å². The Kier molecular flexibility index (Phi) is 7.68. The molecule has 0 saturated heterocycles. The molecule has 0 amide bonds. The molecular formula is C24H21F3O8. The van der Waals surface area contributed by atoms with Gasteiger partial charge >= 0.3 is 18.1 Å². The van der Waals surface area contributed by atoms with E-state index < -0.39 is 46.7 Å². The maximum atomic E-state index is 13.7. The van der Waals surface area contributed by atoms with E-state index in [9.17, 15) is 27.6 Å². The first-order valence-corrected chi connectivity index (χ1v) is 10.4. The van der Waals surface area contributed by atoms with Gasteiger partial charge in [-0.2, -0.15) is 13.2 Å². The molecule has 0 bridgehead atoms. The fourth-order valence-electron chi connectivity index (χ4n) is 2.98. The van der Waals surface area contributed by atoms with Crippen molar-refractivity contribution in [3.05, 3.63) is 64.0 Å². The largest absolute Gasteiger partial charge is 0.479 e. The maximum absolute atomic E-state index is 13.7. The normalized spacial score (nSPS) is 12.2. The fraction of sp³-hybridized carbons (Fsp3) is 0.292. The molecule has 186 valence electrons. The van der Waals surface area contributed by atoms with Crippen molar-refractivity contribution in [3.8, 4) is 17.2 Å². The first-order chi connectivity index (χ1) is 16.5. The average molecular weight is 494 g/mol. The van der Waals surface area contributed by atoms with Crippen LogP contribution in [0.3, 0.4) is 0 Å². The summed E-state index contributed by atoms with van der Waals surface area (Å²) >= 11 is 0. The number of methoxy groups -OCH3 is 1. The van der Waals surface area contributed by atoms with Crippen LogP contribution in [-0.4, -0.2) is 31.8 Å². The van der Waals surface area contributed by atoms with E-state index in [1.54, 1.807) is 0 Å². The predicted octanol–water partition coefficient (Wildman–Crippen LogP) is 5.11. The Bertz CT molecular complexity index is 1280. The van der Waals surface area contributed by atoms with Crippen LogP contribution >= 0.6 is 0 Å². The number of hydrogen-bond acceptors (Lipinski definition) is 8. The monoisotopic (exact) mass is 494 g/mol. The molecule has 8 nitrogen and oxygen atoms in total. The van der Waals surface area contributed by atoms with Crippen LogP contribution in [0.1, 0.15) is 36.4 Å². The topological polar surface area (TPSA) is 101 Å². The molecule has 3 rings (SSSR count). The van der Waals surface area contributed by atoms with Gasteiger partial charge in [0.1, 0.15) is 17.1 Å². The molecular weight excluding hydrogens is 473 g/mol. The molecule has 0 saturated carbocycles. The van der Waals surface area contributed by atoms with Crippen molar-refractivity contribution in [1.29, 1.82) is 0 Å². The van der Waals surface area contributed by atoms with Gasteiger partial charge in [0.2, 0.25) is 11.2 Å². The Morgan fingerprint density at radius 2 is 1.71 bits per heavy atom. The third-order valence-corrected chi connectivity index (χ3v) is 4.67. The van der Waals surface area contributed by atoms with Gasteiger partial charge in [-0.05, 0) is 49.7 Å². The van der Waals surface area contributed by atoms with E-state index in [-0.39, 0.29) is 29.1 Å². The van der Waals surface area contributed by atoms with Gasteiger partial charge < -0.3 is 23.4 Å². The van der Waals surface area contributed by atoms with Crippen molar-refractivity contribution in [2.24, 2.45) is 0 Å². The third-order valence-electron chi connectivity index (χ3n) is 4.67. The zero-order valence-electron chi connectivity index (χ0n) is 18.9. The highest BCUT2D eigenvalue weighted by Gasteiger charge is 2.40. The summed E-state index contributed by atoms with van der Waals surface area (Å²) in [6.07, 6.45) is -5.48. The first kappa shape index (κ1) is 25.6. The number of rotatable bonds is 8. The van der Waals surface area contributed by atoms with Crippen LogP contribution in [0.4, 0.5) is 13.2 Å². The second kappa shape index (κ2) is 10.5. The van der Waals surface area contributed by atoms with Crippen LogP contribution in [0.25, 0.3) is 11.0 Å². The molecule has 0 aliphatic rings. The van der Waals surface area contributed by atoms with Crippen molar-refractivity contribution < 1.29 is 46.1 Å².